The van der Waals surface area contributed by atoms with Crippen molar-refractivity contribution in [2.24, 2.45) is 5.73 Å². The number of halogens is 2. The van der Waals surface area contributed by atoms with Gasteiger partial charge in [0.05, 0.1) is 18.1 Å². The Kier molecular flexibility index (Phi) is 5.25. The molecule has 1 aromatic rings. The lowest BCUT2D eigenvalue weighted by molar-refractivity contribution is -0.143. The monoisotopic (exact) mass is 305 g/mol. The number of esters is 1. The second kappa shape index (κ2) is 6.23. The SMILES string of the molecule is CCOC(=O)C[C@@H](N)c1ccc(Br)c(Cl)c1. The molecule has 0 fully saturated rings. The van der Waals surface area contributed by atoms with Crippen molar-refractivity contribution in [1.82, 2.24) is 0 Å². The number of hydrogen-bond donors (Lipinski definition) is 1. The van der Waals surface area contributed by atoms with Crippen molar-refractivity contribution in [3.8, 4) is 0 Å². The molecule has 0 aliphatic rings. The molecule has 0 aromatic heterocycles. The van der Waals surface area contributed by atoms with E-state index in [1.165, 1.54) is 0 Å². The highest BCUT2D eigenvalue weighted by atomic mass is 79.9. The van der Waals surface area contributed by atoms with Crippen molar-refractivity contribution in [2.45, 2.75) is 19.4 Å². The first-order valence-corrected chi connectivity index (χ1v) is 6.07. The Morgan fingerprint density at radius 2 is 2.31 bits per heavy atom. The molecule has 0 radical (unpaired) electrons. The lowest BCUT2D eigenvalue weighted by Gasteiger charge is -2.11. The lowest BCUT2D eigenvalue weighted by Crippen LogP contribution is -2.17. The van der Waals surface area contributed by atoms with Crippen LogP contribution in [0.25, 0.3) is 0 Å². The molecule has 1 aromatic carbocycles. The van der Waals surface area contributed by atoms with Gasteiger partial charge in [-0.15, -0.1) is 0 Å². The van der Waals surface area contributed by atoms with Crippen molar-refractivity contribution in [3.05, 3.63) is 33.3 Å². The van der Waals surface area contributed by atoms with Crippen LogP contribution in [0.2, 0.25) is 5.02 Å². The van der Waals surface area contributed by atoms with Gasteiger partial charge in [0, 0.05) is 10.5 Å². The molecule has 0 unspecified atom stereocenters. The molecule has 0 heterocycles. The standard InChI is InChI=1S/C11H13BrClNO2/c1-2-16-11(15)6-10(14)7-3-4-8(12)9(13)5-7/h3-5,10H,2,6,14H2,1H3/t10-/m1/s1. The zero-order valence-corrected chi connectivity index (χ0v) is 11.2. The predicted octanol–water partition coefficient (Wildman–Crippen LogP) is 3.06. The molecule has 0 aliphatic heterocycles. The van der Waals surface area contributed by atoms with Crippen molar-refractivity contribution in [1.29, 1.82) is 0 Å². The molecule has 0 amide bonds. The van der Waals surface area contributed by atoms with Gasteiger partial charge in [0.2, 0.25) is 0 Å². The molecular formula is C11H13BrClNO2. The number of rotatable bonds is 4. The topological polar surface area (TPSA) is 52.3 Å². The molecule has 1 rings (SSSR count). The minimum Gasteiger partial charge on any atom is -0.466 e. The molecular weight excluding hydrogens is 293 g/mol. The molecule has 0 spiro atoms. The van der Waals surface area contributed by atoms with Crippen LogP contribution >= 0.6 is 27.5 Å². The van der Waals surface area contributed by atoms with E-state index in [2.05, 4.69) is 15.9 Å². The maximum Gasteiger partial charge on any atom is 0.307 e. The predicted molar refractivity (Wildman–Crippen MR) is 67.3 cm³/mol. The zero-order valence-electron chi connectivity index (χ0n) is 8.87. The summed E-state index contributed by atoms with van der Waals surface area (Å²) in [6.07, 6.45) is 0.159. The number of benzene rings is 1. The van der Waals surface area contributed by atoms with Crippen LogP contribution in [-0.2, 0) is 9.53 Å². The fourth-order valence-electron chi connectivity index (χ4n) is 1.26. The number of hydrogen-bond acceptors (Lipinski definition) is 3. The van der Waals surface area contributed by atoms with Crippen LogP contribution < -0.4 is 5.73 Å². The molecule has 0 saturated heterocycles. The van der Waals surface area contributed by atoms with Crippen LogP contribution in [0.15, 0.2) is 22.7 Å². The van der Waals surface area contributed by atoms with E-state index in [9.17, 15) is 4.79 Å². The molecule has 0 aliphatic carbocycles. The van der Waals surface area contributed by atoms with Crippen molar-refractivity contribution in [2.75, 3.05) is 6.61 Å². The molecule has 0 bridgehead atoms. The molecule has 88 valence electrons. The Labute approximate surface area is 108 Å². The second-order valence-corrected chi connectivity index (χ2v) is 4.55. The fourth-order valence-corrected chi connectivity index (χ4v) is 1.70. The van der Waals surface area contributed by atoms with Crippen LogP contribution in [0.1, 0.15) is 24.9 Å². The quantitative estimate of drug-likeness (QED) is 0.870. The summed E-state index contributed by atoms with van der Waals surface area (Å²) < 4.78 is 5.63. The van der Waals surface area contributed by atoms with E-state index in [4.69, 9.17) is 22.1 Å². The third-order valence-electron chi connectivity index (χ3n) is 2.06. The molecule has 1 atom stereocenters. The van der Waals surface area contributed by atoms with Gasteiger partial charge in [-0.05, 0) is 40.5 Å². The molecule has 2 N–H and O–H groups in total. The Morgan fingerprint density at radius 3 is 2.88 bits per heavy atom. The van der Waals surface area contributed by atoms with E-state index in [-0.39, 0.29) is 18.4 Å². The first-order valence-electron chi connectivity index (χ1n) is 4.90. The van der Waals surface area contributed by atoms with E-state index in [0.717, 1.165) is 10.0 Å². The van der Waals surface area contributed by atoms with Gasteiger partial charge in [-0.1, -0.05) is 17.7 Å². The maximum atomic E-state index is 11.2. The van der Waals surface area contributed by atoms with Crippen LogP contribution in [-0.4, -0.2) is 12.6 Å². The van der Waals surface area contributed by atoms with Gasteiger partial charge in [-0.25, -0.2) is 0 Å². The van der Waals surface area contributed by atoms with Crippen molar-refractivity contribution >= 4 is 33.5 Å². The first kappa shape index (κ1) is 13.5. The Hall–Kier alpha value is -0.580. The number of carbonyl (C=O) groups is 1. The highest BCUT2D eigenvalue weighted by Crippen LogP contribution is 2.26. The van der Waals surface area contributed by atoms with E-state index in [1.54, 1.807) is 13.0 Å². The third-order valence-corrected chi connectivity index (χ3v) is 3.30. The van der Waals surface area contributed by atoms with E-state index in [0.29, 0.717) is 11.6 Å². The highest BCUT2D eigenvalue weighted by Gasteiger charge is 2.13. The van der Waals surface area contributed by atoms with Gasteiger partial charge in [-0.3, -0.25) is 4.79 Å². The molecule has 16 heavy (non-hydrogen) atoms. The summed E-state index contributed by atoms with van der Waals surface area (Å²) in [4.78, 5) is 11.2. The van der Waals surface area contributed by atoms with Gasteiger partial charge in [0.25, 0.3) is 0 Å². The van der Waals surface area contributed by atoms with Crippen molar-refractivity contribution < 1.29 is 9.53 Å². The Balaban J connectivity index is 2.69. The van der Waals surface area contributed by atoms with E-state index < -0.39 is 0 Å². The highest BCUT2D eigenvalue weighted by molar-refractivity contribution is 9.10. The summed E-state index contributed by atoms with van der Waals surface area (Å²) in [7, 11) is 0. The Morgan fingerprint density at radius 1 is 1.62 bits per heavy atom. The van der Waals surface area contributed by atoms with Gasteiger partial charge < -0.3 is 10.5 Å². The summed E-state index contributed by atoms with van der Waals surface area (Å²) in [5, 5.41) is 0.580. The molecule has 3 nitrogen and oxygen atoms in total. The maximum absolute atomic E-state index is 11.2. The van der Waals surface area contributed by atoms with Gasteiger partial charge >= 0.3 is 5.97 Å². The summed E-state index contributed by atoms with van der Waals surface area (Å²) in [5.41, 5.74) is 6.69. The number of ether oxygens (including phenoxy) is 1. The number of nitrogens with two attached hydrogens (primary N) is 1. The fraction of sp³-hybridized carbons (Fsp3) is 0.364. The zero-order chi connectivity index (χ0) is 12.1. The first-order chi connectivity index (χ1) is 7.54. The van der Waals surface area contributed by atoms with Gasteiger partial charge in [0.15, 0.2) is 0 Å². The van der Waals surface area contributed by atoms with Crippen LogP contribution in [0.5, 0.6) is 0 Å². The second-order valence-electron chi connectivity index (χ2n) is 3.29. The summed E-state index contributed by atoms with van der Waals surface area (Å²) in [6, 6.07) is 5.00. The van der Waals surface area contributed by atoms with Crippen LogP contribution in [0, 0.1) is 0 Å². The van der Waals surface area contributed by atoms with Crippen molar-refractivity contribution in [3.63, 3.8) is 0 Å². The van der Waals surface area contributed by atoms with Crippen LogP contribution in [0.3, 0.4) is 0 Å². The smallest absolute Gasteiger partial charge is 0.307 e. The van der Waals surface area contributed by atoms with E-state index in [1.807, 2.05) is 12.1 Å². The van der Waals surface area contributed by atoms with Crippen LogP contribution in [0.4, 0.5) is 0 Å². The minimum atomic E-state index is -0.385. The summed E-state index contributed by atoms with van der Waals surface area (Å²) in [5.74, 6) is -0.297. The average Bonchev–Trinajstić information content (AvgIpc) is 2.22. The Bertz CT molecular complexity index is 384. The van der Waals surface area contributed by atoms with E-state index >= 15 is 0 Å². The lowest BCUT2D eigenvalue weighted by atomic mass is 10.1. The summed E-state index contributed by atoms with van der Waals surface area (Å²) in [6.45, 7) is 2.13. The summed E-state index contributed by atoms with van der Waals surface area (Å²) >= 11 is 9.23. The minimum absolute atomic E-state index is 0.159. The molecule has 5 heteroatoms. The van der Waals surface area contributed by atoms with Gasteiger partial charge in [-0.2, -0.15) is 0 Å². The average molecular weight is 307 g/mol. The number of carbonyl (C=O) groups excluding carboxylic acids is 1. The largest absolute Gasteiger partial charge is 0.466 e. The third kappa shape index (κ3) is 3.77. The normalized spacial score (nSPS) is 12.2. The van der Waals surface area contributed by atoms with Gasteiger partial charge in [0.1, 0.15) is 0 Å². The molecule has 0 saturated carbocycles.